The van der Waals surface area contributed by atoms with Crippen LogP contribution in [0.5, 0.6) is 0 Å². The van der Waals surface area contributed by atoms with E-state index in [1.54, 1.807) is 30.3 Å². The van der Waals surface area contributed by atoms with Gasteiger partial charge in [0.1, 0.15) is 5.82 Å². The van der Waals surface area contributed by atoms with Gasteiger partial charge < -0.3 is 10.1 Å². The molecule has 0 unspecified atom stereocenters. The van der Waals surface area contributed by atoms with Crippen LogP contribution in [0.4, 0.5) is 4.39 Å². The molecule has 2 heterocycles. The molecular formula is C21H16FN3O3S. The third-order valence-electron chi connectivity index (χ3n) is 4.33. The zero-order chi connectivity index (χ0) is 20.2. The lowest BCUT2D eigenvalue weighted by Crippen LogP contribution is -2.32. The van der Waals surface area contributed by atoms with Gasteiger partial charge in [-0.15, -0.1) is 11.3 Å². The largest absolute Gasteiger partial charge is 0.451 e. The van der Waals surface area contributed by atoms with Crippen LogP contribution in [-0.4, -0.2) is 28.7 Å². The van der Waals surface area contributed by atoms with Gasteiger partial charge in [0.05, 0.1) is 11.6 Å². The number of nitrogens with one attached hydrogen (secondary N) is 2. The number of rotatable bonds is 6. The predicted octanol–water partition coefficient (Wildman–Crippen LogP) is 3.83. The van der Waals surface area contributed by atoms with Gasteiger partial charge in [-0.05, 0) is 35.2 Å². The first kappa shape index (κ1) is 18.8. The molecule has 0 aliphatic carbocycles. The standard InChI is InChI=1S/C21H16FN3O3S/c22-14-9-7-13(8-10-14)19(17-6-3-11-29-17)23-18(26)12-28-21(27)20-15-4-1-2-5-16(15)24-25-20/h1-11,19H,12H2,(H,23,26)(H,24,25)/t19-/m0/s1. The number of aromatic nitrogens is 2. The highest BCUT2D eigenvalue weighted by Crippen LogP contribution is 2.26. The molecular weight excluding hydrogens is 393 g/mol. The minimum absolute atomic E-state index is 0.127. The van der Waals surface area contributed by atoms with E-state index in [-0.39, 0.29) is 11.5 Å². The van der Waals surface area contributed by atoms with Crippen molar-refractivity contribution in [3.63, 3.8) is 0 Å². The number of carbonyl (C=O) groups excluding carboxylic acids is 2. The third kappa shape index (κ3) is 4.17. The number of thiophene rings is 1. The van der Waals surface area contributed by atoms with Crippen molar-refractivity contribution >= 4 is 34.1 Å². The van der Waals surface area contributed by atoms with Crippen molar-refractivity contribution < 1.29 is 18.7 Å². The molecule has 1 atom stereocenters. The fraction of sp³-hybridized carbons (Fsp3) is 0.0952. The van der Waals surface area contributed by atoms with Gasteiger partial charge in [-0.25, -0.2) is 9.18 Å². The number of benzene rings is 2. The van der Waals surface area contributed by atoms with E-state index >= 15 is 0 Å². The van der Waals surface area contributed by atoms with Crippen LogP contribution in [-0.2, 0) is 9.53 Å². The lowest BCUT2D eigenvalue weighted by Gasteiger charge is -2.18. The van der Waals surface area contributed by atoms with Crippen LogP contribution in [0.3, 0.4) is 0 Å². The average Bonchev–Trinajstić information content (AvgIpc) is 3.41. The molecule has 1 amide bonds. The van der Waals surface area contributed by atoms with Crippen LogP contribution in [0, 0.1) is 5.82 Å². The predicted molar refractivity (Wildman–Crippen MR) is 107 cm³/mol. The third-order valence-corrected chi connectivity index (χ3v) is 5.27. The summed E-state index contributed by atoms with van der Waals surface area (Å²) in [4.78, 5) is 25.6. The first-order chi connectivity index (χ1) is 14.1. The van der Waals surface area contributed by atoms with E-state index in [4.69, 9.17) is 4.74 Å². The molecule has 0 bridgehead atoms. The van der Waals surface area contributed by atoms with Gasteiger partial charge in [0.25, 0.3) is 5.91 Å². The van der Waals surface area contributed by atoms with Crippen LogP contribution < -0.4 is 5.32 Å². The smallest absolute Gasteiger partial charge is 0.359 e. The number of halogens is 1. The van der Waals surface area contributed by atoms with Gasteiger partial charge in [0, 0.05) is 10.3 Å². The van der Waals surface area contributed by atoms with Crippen molar-refractivity contribution in [3.05, 3.63) is 88.0 Å². The Hall–Kier alpha value is -3.52. The van der Waals surface area contributed by atoms with E-state index < -0.39 is 24.5 Å². The molecule has 0 spiro atoms. The number of esters is 1. The number of carbonyl (C=O) groups is 2. The van der Waals surface area contributed by atoms with Crippen molar-refractivity contribution in [1.29, 1.82) is 0 Å². The molecule has 4 rings (SSSR count). The minimum Gasteiger partial charge on any atom is -0.451 e. The highest BCUT2D eigenvalue weighted by molar-refractivity contribution is 7.10. The van der Waals surface area contributed by atoms with Crippen molar-refractivity contribution in [1.82, 2.24) is 15.5 Å². The van der Waals surface area contributed by atoms with Gasteiger partial charge >= 0.3 is 5.97 Å². The van der Waals surface area contributed by atoms with Gasteiger partial charge in [0.2, 0.25) is 0 Å². The number of para-hydroxylation sites is 1. The Bertz CT molecular complexity index is 1140. The van der Waals surface area contributed by atoms with Crippen LogP contribution in [0.25, 0.3) is 10.9 Å². The molecule has 0 radical (unpaired) electrons. The number of hydrogen-bond donors (Lipinski definition) is 2. The van der Waals surface area contributed by atoms with E-state index in [2.05, 4.69) is 15.5 Å². The quantitative estimate of drug-likeness (QED) is 0.474. The Morgan fingerprint density at radius 2 is 1.90 bits per heavy atom. The highest BCUT2D eigenvalue weighted by Gasteiger charge is 2.21. The summed E-state index contributed by atoms with van der Waals surface area (Å²) in [5.74, 6) is -1.52. The molecule has 0 saturated heterocycles. The maximum Gasteiger partial charge on any atom is 0.359 e. The van der Waals surface area contributed by atoms with Crippen LogP contribution in [0.15, 0.2) is 66.0 Å². The Morgan fingerprint density at radius 1 is 1.10 bits per heavy atom. The first-order valence-electron chi connectivity index (χ1n) is 8.80. The number of aromatic amines is 1. The fourth-order valence-electron chi connectivity index (χ4n) is 2.95. The zero-order valence-corrected chi connectivity index (χ0v) is 15.9. The molecule has 0 fully saturated rings. The average molecular weight is 409 g/mol. The number of hydrogen-bond acceptors (Lipinski definition) is 5. The van der Waals surface area contributed by atoms with E-state index in [0.717, 1.165) is 10.4 Å². The first-order valence-corrected chi connectivity index (χ1v) is 9.68. The monoisotopic (exact) mass is 409 g/mol. The highest BCUT2D eigenvalue weighted by atomic mass is 32.1. The normalized spacial score (nSPS) is 11.9. The Balaban J connectivity index is 1.44. The molecule has 0 aliphatic heterocycles. The number of nitrogens with zero attached hydrogens (tertiary/aromatic N) is 1. The van der Waals surface area contributed by atoms with Crippen molar-refractivity contribution in [3.8, 4) is 0 Å². The molecule has 146 valence electrons. The van der Waals surface area contributed by atoms with Crippen LogP contribution in [0.1, 0.15) is 27.0 Å². The summed E-state index contributed by atoms with van der Waals surface area (Å²) in [7, 11) is 0. The van der Waals surface area contributed by atoms with Gasteiger partial charge in [-0.2, -0.15) is 5.10 Å². The maximum atomic E-state index is 13.3. The summed E-state index contributed by atoms with van der Waals surface area (Å²) in [6.45, 7) is -0.455. The van der Waals surface area contributed by atoms with Crippen molar-refractivity contribution in [2.45, 2.75) is 6.04 Å². The second kappa shape index (κ2) is 8.24. The summed E-state index contributed by atoms with van der Waals surface area (Å²) in [5.41, 5.74) is 1.56. The second-order valence-electron chi connectivity index (χ2n) is 6.26. The zero-order valence-electron chi connectivity index (χ0n) is 15.1. The van der Waals surface area contributed by atoms with Gasteiger partial charge in [-0.1, -0.05) is 36.4 Å². The molecule has 4 aromatic rings. The number of H-pyrrole nitrogens is 1. The van der Waals surface area contributed by atoms with Gasteiger partial charge in [-0.3, -0.25) is 9.89 Å². The molecule has 2 N–H and O–H groups in total. The summed E-state index contributed by atoms with van der Waals surface area (Å²) < 4.78 is 18.4. The number of fused-ring (bicyclic) bond motifs is 1. The minimum atomic E-state index is -0.688. The van der Waals surface area contributed by atoms with E-state index in [9.17, 15) is 14.0 Å². The molecule has 2 aromatic carbocycles. The molecule has 29 heavy (non-hydrogen) atoms. The molecule has 6 nitrogen and oxygen atoms in total. The Morgan fingerprint density at radius 3 is 2.66 bits per heavy atom. The Labute approximate surface area is 169 Å². The summed E-state index contributed by atoms with van der Waals surface area (Å²) in [6.07, 6.45) is 0. The molecule has 2 aromatic heterocycles. The molecule has 0 aliphatic rings. The Kier molecular flexibility index (Phi) is 5.35. The molecule has 8 heteroatoms. The maximum absolute atomic E-state index is 13.3. The van der Waals surface area contributed by atoms with E-state index in [1.165, 1.54) is 23.5 Å². The summed E-state index contributed by atoms with van der Waals surface area (Å²) in [5, 5.41) is 12.1. The lowest BCUT2D eigenvalue weighted by atomic mass is 10.1. The van der Waals surface area contributed by atoms with Crippen LogP contribution >= 0.6 is 11.3 Å². The second-order valence-corrected chi connectivity index (χ2v) is 7.24. The SMILES string of the molecule is O=C(COC(=O)c1n[nH]c2ccccc12)N[C@@H](c1ccc(F)cc1)c1cccs1. The van der Waals surface area contributed by atoms with E-state index in [0.29, 0.717) is 10.9 Å². The number of amides is 1. The van der Waals surface area contributed by atoms with Crippen molar-refractivity contribution in [2.75, 3.05) is 6.61 Å². The molecule has 0 saturated carbocycles. The fourth-order valence-corrected chi connectivity index (χ4v) is 3.75. The topological polar surface area (TPSA) is 84.1 Å². The van der Waals surface area contributed by atoms with E-state index in [1.807, 2.05) is 23.6 Å². The van der Waals surface area contributed by atoms with Crippen molar-refractivity contribution in [2.24, 2.45) is 0 Å². The van der Waals surface area contributed by atoms with Gasteiger partial charge in [0.15, 0.2) is 12.3 Å². The summed E-state index contributed by atoms with van der Waals surface area (Å²) >= 11 is 1.47. The lowest BCUT2D eigenvalue weighted by molar-refractivity contribution is -0.124. The van der Waals surface area contributed by atoms with Crippen LogP contribution in [0.2, 0.25) is 0 Å². The summed E-state index contributed by atoms with van der Waals surface area (Å²) in [6, 6.07) is 16.3. The number of ether oxygens (including phenoxy) is 1.